The lowest BCUT2D eigenvalue weighted by molar-refractivity contribution is -0.143. The highest BCUT2D eigenvalue weighted by Gasteiger charge is 2.52. The van der Waals surface area contributed by atoms with Crippen molar-refractivity contribution in [2.24, 2.45) is 11.8 Å². The fraction of sp³-hybridized carbons (Fsp3) is 0.333. The van der Waals surface area contributed by atoms with Gasteiger partial charge in [0.05, 0.1) is 5.92 Å². The Bertz CT molecular complexity index is 1210. The molecule has 0 spiro atoms. The maximum Gasteiger partial charge on any atom is 0.309 e. The molecule has 0 N–H and O–H groups in total. The highest BCUT2D eigenvalue weighted by atomic mass is 35.5. The third-order valence-electron chi connectivity index (χ3n) is 7.17. The summed E-state index contributed by atoms with van der Waals surface area (Å²) in [5, 5.41) is 2.01. The van der Waals surface area contributed by atoms with Crippen LogP contribution in [0.15, 0.2) is 54.7 Å². The SMILES string of the molecule is Cc1ccc(C2CCC3C(=O)OC(C)C3C2c2ccc(-c3cc(Cl)ccc3Cl)cn2)c(Cl)c1. The molecule has 1 saturated heterocycles. The molecule has 5 unspecified atom stereocenters. The largest absolute Gasteiger partial charge is 0.462 e. The topological polar surface area (TPSA) is 39.2 Å². The van der Waals surface area contributed by atoms with Crippen LogP contribution in [0.25, 0.3) is 11.1 Å². The number of halogens is 3. The van der Waals surface area contributed by atoms with Gasteiger partial charge in [0.15, 0.2) is 0 Å². The van der Waals surface area contributed by atoms with Gasteiger partial charge in [-0.05, 0) is 74.1 Å². The van der Waals surface area contributed by atoms with Gasteiger partial charge in [-0.25, -0.2) is 0 Å². The summed E-state index contributed by atoms with van der Waals surface area (Å²) in [5.41, 5.74) is 4.92. The minimum Gasteiger partial charge on any atom is -0.462 e. The predicted octanol–water partition coefficient (Wildman–Crippen LogP) is 7.86. The lowest BCUT2D eigenvalue weighted by atomic mass is 9.62. The van der Waals surface area contributed by atoms with Crippen LogP contribution in [0.1, 0.15) is 48.4 Å². The van der Waals surface area contributed by atoms with Crippen molar-refractivity contribution in [2.75, 3.05) is 0 Å². The maximum atomic E-state index is 12.6. The smallest absolute Gasteiger partial charge is 0.309 e. The number of esters is 1. The molecule has 2 aliphatic rings. The van der Waals surface area contributed by atoms with Gasteiger partial charge in [0.1, 0.15) is 6.10 Å². The highest BCUT2D eigenvalue weighted by Crippen LogP contribution is 2.54. The van der Waals surface area contributed by atoms with Crippen molar-refractivity contribution >= 4 is 40.8 Å². The monoisotopic (exact) mass is 499 g/mol. The summed E-state index contributed by atoms with van der Waals surface area (Å²) in [7, 11) is 0. The number of carbonyl (C=O) groups is 1. The Balaban J connectivity index is 1.58. The van der Waals surface area contributed by atoms with Gasteiger partial charge >= 0.3 is 5.97 Å². The summed E-state index contributed by atoms with van der Waals surface area (Å²) in [6.07, 6.45) is 3.34. The van der Waals surface area contributed by atoms with Crippen molar-refractivity contribution in [1.29, 1.82) is 0 Å². The zero-order valence-corrected chi connectivity index (χ0v) is 20.7. The molecule has 33 heavy (non-hydrogen) atoms. The first-order chi connectivity index (χ1) is 15.8. The number of cyclic esters (lactones) is 1. The highest BCUT2D eigenvalue weighted by molar-refractivity contribution is 6.35. The van der Waals surface area contributed by atoms with E-state index in [4.69, 9.17) is 44.5 Å². The quantitative estimate of drug-likeness (QED) is 0.344. The molecule has 1 aromatic heterocycles. The van der Waals surface area contributed by atoms with Crippen molar-refractivity contribution in [3.63, 3.8) is 0 Å². The minimum absolute atomic E-state index is 0.0225. The van der Waals surface area contributed by atoms with Gasteiger partial charge in [-0.15, -0.1) is 0 Å². The Morgan fingerprint density at radius 3 is 2.45 bits per heavy atom. The van der Waals surface area contributed by atoms with Gasteiger partial charge in [0.25, 0.3) is 0 Å². The average Bonchev–Trinajstić information content (AvgIpc) is 3.09. The van der Waals surface area contributed by atoms with Gasteiger partial charge in [-0.2, -0.15) is 0 Å². The van der Waals surface area contributed by atoms with E-state index in [1.807, 2.05) is 44.3 Å². The number of fused-ring (bicyclic) bond motifs is 1. The van der Waals surface area contributed by atoms with Gasteiger partial charge in [-0.1, -0.05) is 53.0 Å². The van der Waals surface area contributed by atoms with E-state index >= 15 is 0 Å². The number of aromatic nitrogens is 1. The summed E-state index contributed by atoms with van der Waals surface area (Å²) in [6, 6.07) is 15.7. The maximum absolute atomic E-state index is 12.6. The number of carbonyl (C=O) groups excluding carboxylic acids is 1. The Labute approximate surface area is 209 Å². The second-order valence-corrected chi connectivity index (χ2v) is 10.4. The number of aryl methyl sites for hydroxylation is 1. The van der Waals surface area contributed by atoms with Crippen LogP contribution in [-0.2, 0) is 9.53 Å². The van der Waals surface area contributed by atoms with Crippen molar-refractivity contribution in [2.45, 2.75) is 44.6 Å². The molecular formula is C27H24Cl3NO2. The molecule has 6 heteroatoms. The van der Waals surface area contributed by atoms with E-state index in [-0.39, 0.29) is 35.7 Å². The van der Waals surface area contributed by atoms with E-state index < -0.39 is 0 Å². The number of ether oxygens (including phenoxy) is 1. The summed E-state index contributed by atoms with van der Waals surface area (Å²) in [4.78, 5) is 17.4. The molecule has 1 aliphatic heterocycles. The first-order valence-corrected chi connectivity index (χ1v) is 12.3. The fourth-order valence-corrected chi connectivity index (χ4v) is 6.43. The van der Waals surface area contributed by atoms with E-state index in [0.29, 0.717) is 10.0 Å². The van der Waals surface area contributed by atoms with E-state index in [1.54, 1.807) is 12.1 Å². The van der Waals surface area contributed by atoms with Crippen LogP contribution in [0, 0.1) is 18.8 Å². The number of pyridine rings is 1. The van der Waals surface area contributed by atoms with Crippen molar-refractivity contribution < 1.29 is 9.53 Å². The summed E-state index contributed by atoms with van der Waals surface area (Å²) in [6.45, 7) is 4.03. The normalized spacial score (nSPS) is 26.7. The van der Waals surface area contributed by atoms with E-state index in [2.05, 4.69) is 12.1 Å². The van der Waals surface area contributed by atoms with E-state index in [1.165, 1.54) is 0 Å². The molecule has 2 aromatic carbocycles. The van der Waals surface area contributed by atoms with Crippen LogP contribution in [0.3, 0.4) is 0 Å². The van der Waals surface area contributed by atoms with Crippen LogP contribution in [-0.4, -0.2) is 17.1 Å². The lowest BCUT2D eigenvalue weighted by Crippen LogP contribution is -2.35. The predicted molar refractivity (Wildman–Crippen MR) is 133 cm³/mol. The third kappa shape index (κ3) is 4.16. The van der Waals surface area contributed by atoms with Gasteiger partial charge < -0.3 is 4.74 Å². The van der Waals surface area contributed by atoms with E-state index in [0.717, 1.165) is 45.8 Å². The lowest BCUT2D eigenvalue weighted by Gasteiger charge is -2.39. The fourth-order valence-electron chi connectivity index (χ4n) is 5.66. The molecule has 2 fully saturated rings. The number of hydrogen-bond acceptors (Lipinski definition) is 3. The molecule has 0 amide bonds. The third-order valence-corrected chi connectivity index (χ3v) is 8.06. The Morgan fingerprint density at radius 2 is 1.73 bits per heavy atom. The Morgan fingerprint density at radius 1 is 0.939 bits per heavy atom. The van der Waals surface area contributed by atoms with Crippen molar-refractivity contribution in [3.8, 4) is 11.1 Å². The number of benzene rings is 2. The van der Waals surface area contributed by atoms with Crippen molar-refractivity contribution in [1.82, 2.24) is 4.98 Å². The zero-order chi connectivity index (χ0) is 23.3. The minimum atomic E-state index is -0.164. The Kier molecular flexibility index (Phi) is 6.15. The molecule has 0 radical (unpaired) electrons. The summed E-state index contributed by atoms with van der Waals surface area (Å²) < 4.78 is 5.68. The molecule has 1 aliphatic carbocycles. The number of rotatable bonds is 3. The van der Waals surface area contributed by atoms with Gasteiger partial charge in [-0.3, -0.25) is 9.78 Å². The van der Waals surface area contributed by atoms with Crippen LogP contribution < -0.4 is 0 Å². The van der Waals surface area contributed by atoms with Crippen molar-refractivity contribution in [3.05, 3.63) is 86.6 Å². The summed E-state index contributed by atoms with van der Waals surface area (Å²) >= 11 is 19.3. The second-order valence-electron chi connectivity index (χ2n) is 9.16. The van der Waals surface area contributed by atoms with Crippen LogP contribution in [0.2, 0.25) is 15.1 Å². The molecule has 170 valence electrons. The zero-order valence-electron chi connectivity index (χ0n) is 18.4. The number of nitrogens with zero attached hydrogens (tertiary/aromatic N) is 1. The number of hydrogen-bond donors (Lipinski definition) is 0. The second kappa shape index (κ2) is 8.94. The van der Waals surface area contributed by atoms with Gasteiger partial charge in [0.2, 0.25) is 0 Å². The molecule has 2 heterocycles. The van der Waals surface area contributed by atoms with E-state index in [9.17, 15) is 4.79 Å². The standard InChI is InChI=1S/C27H24Cl3NO2/c1-14-3-6-18(23(30)11-14)19-7-8-20-25(15(2)33-27(20)32)26(19)24-10-4-16(13-31-24)21-12-17(28)5-9-22(21)29/h3-6,9-13,15,19-20,25-26H,7-8H2,1-2H3. The molecular weight excluding hydrogens is 477 g/mol. The molecule has 5 atom stereocenters. The van der Waals surface area contributed by atoms with Crippen LogP contribution in [0.4, 0.5) is 0 Å². The van der Waals surface area contributed by atoms with Crippen LogP contribution in [0.5, 0.6) is 0 Å². The molecule has 0 bridgehead atoms. The van der Waals surface area contributed by atoms with Gasteiger partial charge in [0, 0.05) is 49.9 Å². The molecule has 3 aromatic rings. The molecule has 5 rings (SSSR count). The summed E-state index contributed by atoms with van der Waals surface area (Å²) in [5.74, 6) is 0.0445. The first kappa shape index (κ1) is 22.7. The molecule has 3 nitrogen and oxygen atoms in total. The first-order valence-electron chi connectivity index (χ1n) is 11.2. The molecule has 1 saturated carbocycles. The Hall–Kier alpha value is -2.07. The van der Waals surface area contributed by atoms with Crippen LogP contribution >= 0.6 is 34.8 Å². The average molecular weight is 501 g/mol.